The highest BCUT2D eigenvalue weighted by Gasteiger charge is 2.53. The second-order valence-electron chi connectivity index (χ2n) is 11.8. The minimum atomic E-state index is -1.94. The van der Waals surface area contributed by atoms with Gasteiger partial charge in [0.1, 0.15) is 17.8 Å². The highest BCUT2D eigenvalue weighted by atomic mass is 35.5. The molecule has 1 aromatic carbocycles. The lowest BCUT2D eigenvalue weighted by molar-refractivity contribution is -0.145. The quantitative estimate of drug-likeness (QED) is 0.264. The first-order valence-corrected chi connectivity index (χ1v) is 15.2. The first-order valence-electron chi connectivity index (χ1n) is 13.8. The zero-order chi connectivity index (χ0) is 29.9. The van der Waals surface area contributed by atoms with Crippen molar-refractivity contribution in [2.45, 2.75) is 83.8 Å². The largest absolute Gasteiger partial charge is 0.493 e. The maximum atomic E-state index is 14.4. The Bertz CT molecular complexity index is 1280. The molecule has 12 heteroatoms. The summed E-state index contributed by atoms with van der Waals surface area (Å²) in [5, 5.41) is 15.9. The van der Waals surface area contributed by atoms with Crippen molar-refractivity contribution >= 4 is 40.7 Å². The number of rotatable bonds is 11. The topological polar surface area (TPSA) is 121 Å². The summed E-state index contributed by atoms with van der Waals surface area (Å²) in [5.41, 5.74) is 1.70. The van der Waals surface area contributed by atoms with Crippen molar-refractivity contribution in [3.63, 3.8) is 0 Å². The number of halogens is 2. The monoisotopic (exact) mass is 608 g/mol. The fourth-order valence-corrected chi connectivity index (χ4v) is 5.72. The molecule has 1 saturated carbocycles. The molecule has 2 aliphatic rings. The van der Waals surface area contributed by atoms with Crippen molar-refractivity contribution in [2.24, 2.45) is 5.41 Å². The molecular weight excluding hydrogens is 571 g/mol. The summed E-state index contributed by atoms with van der Waals surface area (Å²) in [7, 11) is 0. The number of amides is 3. The smallest absolute Gasteiger partial charge is 0.258 e. The number of hydrogen-bond acceptors (Lipinski definition) is 7. The van der Waals surface area contributed by atoms with Gasteiger partial charge in [-0.3, -0.25) is 14.4 Å². The number of aliphatic hydroxyl groups is 1. The minimum Gasteiger partial charge on any atom is -0.493 e. The van der Waals surface area contributed by atoms with E-state index < -0.39 is 47.0 Å². The number of hydrogen-bond donors (Lipinski definition) is 3. The van der Waals surface area contributed by atoms with Gasteiger partial charge in [-0.05, 0) is 43.2 Å². The summed E-state index contributed by atoms with van der Waals surface area (Å²) in [6.45, 7) is 7.71. The second-order valence-corrected chi connectivity index (χ2v) is 13.1. The maximum absolute atomic E-state index is 14.4. The van der Waals surface area contributed by atoms with E-state index in [1.165, 1.54) is 16.2 Å². The second kappa shape index (κ2) is 12.6. The standard InChI is InChI=1S/C29H38ClFN4O5S/c1-17-23(41-16-33-17)18-6-7-19(22(12-18)40-11-5-10-30)14-32-25(37)21-13-20(36)15-35(21)26(38)24(28(2,3)4)34-27(39)29(31)8-9-29/h6-7,12,16,20-21,24,36H,5,8-11,13-15H2,1-4H3,(H,32,37)(H,34,39)/t20?,21?,24-/m1/s1. The molecule has 4 rings (SSSR count). The average Bonchev–Trinajstić information content (AvgIpc) is 3.33. The number of β-amino-alcohol motifs (C(OH)–C–C–N with tert-alkyl or cyclic N) is 1. The third kappa shape index (κ3) is 7.37. The lowest BCUT2D eigenvalue weighted by Gasteiger charge is -2.35. The number of benzene rings is 1. The Labute approximate surface area is 248 Å². The first-order chi connectivity index (χ1) is 19.3. The van der Waals surface area contributed by atoms with Crippen LogP contribution in [0.25, 0.3) is 10.4 Å². The number of nitrogens with one attached hydrogen (secondary N) is 2. The lowest BCUT2D eigenvalue weighted by Crippen LogP contribution is -2.59. The lowest BCUT2D eigenvalue weighted by atomic mass is 9.85. The van der Waals surface area contributed by atoms with Crippen LogP contribution in [-0.2, 0) is 20.9 Å². The van der Waals surface area contributed by atoms with Crippen LogP contribution in [0.4, 0.5) is 4.39 Å². The Hall–Kier alpha value is -2.76. The van der Waals surface area contributed by atoms with Crippen LogP contribution >= 0.6 is 22.9 Å². The van der Waals surface area contributed by atoms with E-state index in [1.54, 1.807) is 26.3 Å². The van der Waals surface area contributed by atoms with Crippen LogP contribution < -0.4 is 15.4 Å². The fourth-order valence-electron chi connectivity index (χ4n) is 4.81. The van der Waals surface area contributed by atoms with Gasteiger partial charge in [-0.25, -0.2) is 9.37 Å². The zero-order valence-corrected chi connectivity index (χ0v) is 25.4. The van der Waals surface area contributed by atoms with E-state index in [2.05, 4.69) is 15.6 Å². The summed E-state index contributed by atoms with van der Waals surface area (Å²) in [5.74, 6) is -0.718. The van der Waals surface area contributed by atoms with Crippen molar-refractivity contribution in [2.75, 3.05) is 19.0 Å². The maximum Gasteiger partial charge on any atom is 0.258 e. The Morgan fingerprint density at radius 2 is 2.05 bits per heavy atom. The summed E-state index contributed by atoms with van der Waals surface area (Å²) < 4.78 is 20.4. The summed E-state index contributed by atoms with van der Waals surface area (Å²) in [4.78, 5) is 46.2. The number of carbonyl (C=O) groups is 3. The molecule has 3 N–H and O–H groups in total. The normalized spacial score (nSPS) is 20.4. The zero-order valence-electron chi connectivity index (χ0n) is 23.8. The number of ether oxygens (including phenoxy) is 1. The predicted molar refractivity (Wildman–Crippen MR) is 156 cm³/mol. The van der Waals surface area contributed by atoms with E-state index in [4.69, 9.17) is 16.3 Å². The molecule has 41 heavy (non-hydrogen) atoms. The number of aromatic nitrogens is 1. The van der Waals surface area contributed by atoms with Gasteiger partial charge in [-0.15, -0.1) is 22.9 Å². The van der Waals surface area contributed by atoms with Crippen LogP contribution in [0.5, 0.6) is 5.75 Å². The van der Waals surface area contributed by atoms with Crippen molar-refractivity contribution in [1.82, 2.24) is 20.5 Å². The summed E-state index contributed by atoms with van der Waals surface area (Å²) in [6.07, 6.45) is 0.0548. The molecule has 0 bridgehead atoms. The Balaban J connectivity index is 1.49. The number of nitrogens with zero attached hydrogens (tertiary/aromatic N) is 2. The molecule has 1 saturated heterocycles. The van der Waals surface area contributed by atoms with Gasteiger partial charge < -0.3 is 25.4 Å². The minimum absolute atomic E-state index is 0.0537. The molecule has 1 aliphatic heterocycles. The third-order valence-corrected chi connectivity index (χ3v) is 8.66. The highest BCUT2D eigenvalue weighted by Crippen LogP contribution is 2.40. The van der Waals surface area contributed by atoms with E-state index in [1.807, 2.05) is 25.1 Å². The van der Waals surface area contributed by atoms with Crippen molar-refractivity contribution in [1.29, 1.82) is 0 Å². The molecule has 2 fully saturated rings. The van der Waals surface area contributed by atoms with Gasteiger partial charge in [0.15, 0.2) is 5.67 Å². The number of carbonyl (C=O) groups excluding carboxylic acids is 3. The molecule has 3 atom stereocenters. The van der Waals surface area contributed by atoms with Gasteiger partial charge in [0, 0.05) is 31.0 Å². The third-order valence-electron chi connectivity index (χ3n) is 7.41. The van der Waals surface area contributed by atoms with E-state index in [9.17, 15) is 23.9 Å². The number of aliphatic hydroxyl groups excluding tert-OH is 1. The molecule has 1 aromatic heterocycles. The van der Waals surface area contributed by atoms with Gasteiger partial charge in [0.05, 0.1) is 28.8 Å². The van der Waals surface area contributed by atoms with Crippen LogP contribution in [0.3, 0.4) is 0 Å². The number of thiazole rings is 1. The van der Waals surface area contributed by atoms with Gasteiger partial charge >= 0.3 is 0 Å². The molecule has 3 amide bonds. The Morgan fingerprint density at radius 1 is 1.32 bits per heavy atom. The molecule has 2 heterocycles. The molecule has 2 unspecified atom stereocenters. The van der Waals surface area contributed by atoms with E-state index in [0.717, 1.165) is 21.7 Å². The first kappa shape index (κ1) is 31.2. The number of likely N-dealkylation sites (tertiary alicyclic amines) is 1. The predicted octanol–water partition coefficient (Wildman–Crippen LogP) is 3.74. The molecular formula is C29H38ClFN4O5S. The van der Waals surface area contributed by atoms with Crippen molar-refractivity contribution in [3.05, 3.63) is 35.0 Å². The van der Waals surface area contributed by atoms with Crippen molar-refractivity contribution < 1.29 is 28.6 Å². The Kier molecular flexibility index (Phi) is 9.60. The molecule has 2 aromatic rings. The van der Waals surface area contributed by atoms with Gasteiger partial charge in [-0.1, -0.05) is 32.9 Å². The average molecular weight is 609 g/mol. The number of aryl methyl sites for hydroxylation is 1. The van der Waals surface area contributed by atoms with Crippen LogP contribution in [-0.4, -0.2) is 75.6 Å². The molecule has 9 nitrogen and oxygen atoms in total. The molecule has 0 radical (unpaired) electrons. The van der Waals surface area contributed by atoms with E-state index >= 15 is 0 Å². The SMILES string of the molecule is Cc1ncsc1-c1ccc(CNC(=O)C2CC(O)CN2C(=O)[C@@H](NC(=O)C2(F)CC2)C(C)(C)C)c(OCCCCl)c1. The van der Waals surface area contributed by atoms with Crippen LogP contribution in [0.1, 0.15) is 57.7 Å². The Morgan fingerprint density at radius 3 is 2.66 bits per heavy atom. The molecule has 0 spiro atoms. The van der Waals surface area contributed by atoms with Crippen LogP contribution in [0, 0.1) is 12.3 Å². The van der Waals surface area contributed by atoms with Gasteiger partial charge in [-0.2, -0.15) is 0 Å². The van der Waals surface area contributed by atoms with E-state index in [-0.39, 0.29) is 32.4 Å². The van der Waals surface area contributed by atoms with Crippen molar-refractivity contribution in [3.8, 4) is 16.2 Å². The molecule has 224 valence electrons. The van der Waals surface area contributed by atoms with E-state index in [0.29, 0.717) is 24.7 Å². The van der Waals surface area contributed by atoms with Crippen LogP contribution in [0.2, 0.25) is 0 Å². The molecule has 1 aliphatic carbocycles. The van der Waals surface area contributed by atoms with Gasteiger partial charge in [0.25, 0.3) is 5.91 Å². The fraction of sp³-hybridized carbons (Fsp3) is 0.586. The number of alkyl halides is 2. The van der Waals surface area contributed by atoms with Gasteiger partial charge in [0.2, 0.25) is 11.8 Å². The summed E-state index contributed by atoms with van der Waals surface area (Å²) >= 11 is 7.36. The highest BCUT2D eigenvalue weighted by molar-refractivity contribution is 7.13. The summed E-state index contributed by atoms with van der Waals surface area (Å²) in [6, 6.07) is 3.74. The van der Waals surface area contributed by atoms with Crippen LogP contribution in [0.15, 0.2) is 23.7 Å².